The fourth-order valence-electron chi connectivity index (χ4n) is 1.69. The molecule has 0 atom stereocenters. The van der Waals surface area contributed by atoms with Crippen molar-refractivity contribution in [3.63, 3.8) is 0 Å². The van der Waals surface area contributed by atoms with E-state index in [0.717, 1.165) is 8.95 Å². The predicted octanol–water partition coefficient (Wildman–Crippen LogP) is 6.84. The molecule has 0 aliphatic rings. The zero-order valence-corrected chi connectivity index (χ0v) is 16.9. The summed E-state index contributed by atoms with van der Waals surface area (Å²) in [7, 11) is 0. The molecule has 0 radical (unpaired) electrons. The van der Waals surface area contributed by atoms with Crippen LogP contribution in [0.1, 0.15) is 0 Å². The molecule has 0 spiro atoms. The maximum atomic E-state index is 13.5. The van der Waals surface area contributed by atoms with Gasteiger partial charge in [0.15, 0.2) is 0 Å². The third-order valence-electron chi connectivity index (χ3n) is 2.75. The second-order valence-corrected chi connectivity index (χ2v) is 7.39. The molecule has 1 aromatic heterocycles. The molecule has 0 unspecified atom stereocenters. The molecule has 0 bridgehead atoms. The summed E-state index contributed by atoms with van der Waals surface area (Å²) in [6, 6.07) is 15.3. The topological polar surface area (TPSA) is 12.9 Å². The van der Waals surface area contributed by atoms with E-state index in [2.05, 4.69) is 36.8 Å². The predicted molar refractivity (Wildman–Crippen MR) is 104 cm³/mol. The van der Waals surface area contributed by atoms with Gasteiger partial charge in [0.25, 0.3) is 0 Å². The monoisotopic (exact) mass is 551 g/mol. The van der Waals surface area contributed by atoms with Crippen molar-refractivity contribution < 1.29 is 8.78 Å². The molecule has 1 heterocycles. The molecule has 23 heavy (non-hydrogen) atoms. The van der Waals surface area contributed by atoms with Crippen molar-refractivity contribution in [3.8, 4) is 11.3 Å². The highest BCUT2D eigenvalue weighted by Crippen LogP contribution is 2.23. The Morgan fingerprint density at radius 2 is 1.48 bits per heavy atom. The number of nitrogens with zero attached hydrogens (tertiary/aromatic N) is 1. The Labute approximate surface area is 163 Å². The van der Waals surface area contributed by atoms with E-state index in [4.69, 9.17) is 0 Å². The molecule has 3 rings (SSSR count). The number of aromatic nitrogens is 1. The first-order valence-electron chi connectivity index (χ1n) is 6.44. The van der Waals surface area contributed by atoms with Crippen LogP contribution in [0.2, 0.25) is 0 Å². The standard InChI is InChI=1S/C11H7BrFN.C6H3BrFI/c12-8-4-5-9(10(13)7-8)11-3-1-2-6-14-11;7-4-1-2-6(9)5(8)3-4/h1-7H;1-3H. The Bertz CT molecular complexity index is 798. The number of benzene rings is 2. The van der Waals surface area contributed by atoms with Gasteiger partial charge < -0.3 is 0 Å². The van der Waals surface area contributed by atoms with Crippen LogP contribution >= 0.6 is 54.5 Å². The molecule has 0 saturated carbocycles. The van der Waals surface area contributed by atoms with Gasteiger partial charge in [0, 0.05) is 24.3 Å². The lowest BCUT2D eigenvalue weighted by atomic mass is 10.1. The quantitative estimate of drug-likeness (QED) is 0.238. The Kier molecular flexibility index (Phi) is 7.10. The van der Waals surface area contributed by atoms with Gasteiger partial charge in [0.2, 0.25) is 0 Å². The van der Waals surface area contributed by atoms with Crippen molar-refractivity contribution in [2.45, 2.75) is 0 Å². The number of hydrogen-bond acceptors (Lipinski definition) is 1. The highest BCUT2D eigenvalue weighted by atomic mass is 127. The fourth-order valence-corrected chi connectivity index (χ4v) is 2.69. The first-order chi connectivity index (χ1) is 11.0. The Balaban J connectivity index is 0.000000185. The summed E-state index contributed by atoms with van der Waals surface area (Å²) in [5.74, 6) is -0.442. The van der Waals surface area contributed by atoms with E-state index in [9.17, 15) is 8.78 Å². The highest BCUT2D eigenvalue weighted by Gasteiger charge is 2.05. The molecular weight excluding hydrogens is 543 g/mol. The summed E-state index contributed by atoms with van der Waals surface area (Å²) in [6.45, 7) is 0. The van der Waals surface area contributed by atoms with E-state index >= 15 is 0 Å². The largest absolute Gasteiger partial charge is 0.256 e. The van der Waals surface area contributed by atoms with Crippen LogP contribution in [0.5, 0.6) is 0 Å². The summed E-state index contributed by atoms with van der Waals surface area (Å²) in [6.07, 6.45) is 1.65. The van der Waals surface area contributed by atoms with Crippen LogP contribution in [-0.4, -0.2) is 4.98 Å². The van der Waals surface area contributed by atoms with Crippen LogP contribution in [0.4, 0.5) is 8.78 Å². The van der Waals surface area contributed by atoms with Crippen LogP contribution in [0.3, 0.4) is 0 Å². The van der Waals surface area contributed by atoms with Gasteiger partial charge in [-0.2, -0.15) is 0 Å². The molecule has 6 heteroatoms. The van der Waals surface area contributed by atoms with E-state index in [1.807, 2.05) is 34.7 Å². The average molecular weight is 553 g/mol. The maximum absolute atomic E-state index is 13.5. The highest BCUT2D eigenvalue weighted by molar-refractivity contribution is 14.1. The first-order valence-corrected chi connectivity index (χ1v) is 9.11. The van der Waals surface area contributed by atoms with Gasteiger partial charge in [0.1, 0.15) is 11.6 Å². The van der Waals surface area contributed by atoms with Crippen LogP contribution in [-0.2, 0) is 0 Å². The second-order valence-electron chi connectivity index (χ2n) is 4.40. The zero-order chi connectivity index (χ0) is 16.8. The minimum Gasteiger partial charge on any atom is -0.256 e. The van der Waals surface area contributed by atoms with Crippen molar-refractivity contribution in [1.29, 1.82) is 0 Å². The van der Waals surface area contributed by atoms with Gasteiger partial charge in [-0.15, -0.1) is 0 Å². The van der Waals surface area contributed by atoms with Crippen molar-refractivity contribution in [1.82, 2.24) is 4.98 Å². The fraction of sp³-hybridized carbons (Fsp3) is 0. The third-order valence-corrected chi connectivity index (χ3v) is 4.61. The van der Waals surface area contributed by atoms with Crippen molar-refractivity contribution in [3.05, 3.63) is 84.9 Å². The lowest BCUT2D eigenvalue weighted by molar-refractivity contribution is 0.619. The number of rotatable bonds is 1. The molecule has 0 fully saturated rings. The first kappa shape index (κ1) is 18.5. The number of pyridine rings is 1. The molecule has 0 aliphatic heterocycles. The Hall–Kier alpha value is -0.860. The molecule has 0 amide bonds. The minimum atomic E-state index is -0.266. The molecule has 118 valence electrons. The zero-order valence-electron chi connectivity index (χ0n) is 11.6. The van der Waals surface area contributed by atoms with Crippen LogP contribution in [0.25, 0.3) is 11.3 Å². The Morgan fingerprint density at radius 3 is 2.00 bits per heavy atom. The van der Waals surface area contributed by atoms with E-state index in [-0.39, 0.29) is 11.6 Å². The van der Waals surface area contributed by atoms with Gasteiger partial charge >= 0.3 is 0 Å². The normalized spacial score (nSPS) is 9.96. The number of halogens is 5. The summed E-state index contributed by atoms with van der Waals surface area (Å²) >= 11 is 8.31. The molecule has 0 aliphatic carbocycles. The summed E-state index contributed by atoms with van der Waals surface area (Å²) < 4.78 is 28.2. The van der Waals surface area contributed by atoms with Crippen molar-refractivity contribution >= 4 is 54.5 Å². The van der Waals surface area contributed by atoms with Crippen LogP contribution < -0.4 is 0 Å². The maximum Gasteiger partial charge on any atom is 0.137 e. The minimum absolute atomic E-state index is 0.176. The SMILES string of the molecule is Fc1cc(Br)ccc1-c1ccccn1.Fc1cc(Br)ccc1I. The lowest BCUT2D eigenvalue weighted by Crippen LogP contribution is -1.86. The van der Waals surface area contributed by atoms with Gasteiger partial charge in [-0.25, -0.2) is 8.78 Å². The molecule has 1 nitrogen and oxygen atoms in total. The van der Waals surface area contributed by atoms with E-state index in [1.54, 1.807) is 36.5 Å². The summed E-state index contributed by atoms with van der Waals surface area (Å²) in [4.78, 5) is 4.08. The molecular formula is C17H10Br2F2IN. The second kappa shape index (κ2) is 8.84. The summed E-state index contributed by atoms with van der Waals surface area (Å²) in [5, 5.41) is 0. The van der Waals surface area contributed by atoms with Crippen molar-refractivity contribution in [2.24, 2.45) is 0 Å². The van der Waals surface area contributed by atoms with Gasteiger partial charge in [-0.05, 0) is 71.1 Å². The van der Waals surface area contributed by atoms with Gasteiger partial charge in [-0.3, -0.25) is 4.98 Å². The average Bonchev–Trinajstić information content (AvgIpc) is 2.53. The molecule has 3 aromatic rings. The van der Waals surface area contributed by atoms with E-state index in [1.165, 1.54) is 12.1 Å². The number of hydrogen-bond donors (Lipinski definition) is 0. The smallest absolute Gasteiger partial charge is 0.137 e. The van der Waals surface area contributed by atoms with Crippen molar-refractivity contribution in [2.75, 3.05) is 0 Å². The van der Waals surface area contributed by atoms with E-state index < -0.39 is 0 Å². The summed E-state index contributed by atoms with van der Waals surface area (Å²) in [5.41, 5.74) is 1.17. The van der Waals surface area contributed by atoms with Crippen LogP contribution in [0.15, 0.2) is 69.7 Å². The molecule has 0 N–H and O–H groups in total. The molecule has 2 aromatic carbocycles. The molecule has 0 saturated heterocycles. The Morgan fingerprint density at radius 1 is 0.826 bits per heavy atom. The lowest BCUT2D eigenvalue weighted by Gasteiger charge is -2.01. The van der Waals surface area contributed by atoms with Gasteiger partial charge in [0.05, 0.1) is 5.69 Å². The van der Waals surface area contributed by atoms with Gasteiger partial charge in [-0.1, -0.05) is 37.9 Å². The third kappa shape index (κ3) is 5.61. The van der Waals surface area contributed by atoms with Crippen LogP contribution in [0, 0.1) is 15.2 Å². The van der Waals surface area contributed by atoms with E-state index in [0.29, 0.717) is 14.8 Å².